The predicted molar refractivity (Wildman–Crippen MR) is 77.3 cm³/mol. The molecule has 0 aliphatic heterocycles. The number of methoxy groups -OCH3 is 1. The molecule has 21 heavy (non-hydrogen) atoms. The van der Waals surface area contributed by atoms with Crippen molar-refractivity contribution in [1.82, 2.24) is 9.97 Å². The molecule has 0 aliphatic carbocycles. The van der Waals surface area contributed by atoms with Gasteiger partial charge in [-0.25, -0.2) is 9.97 Å². The fourth-order valence-corrected chi connectivity index (χ4v) is 1.78. The van der Waals surface area contributed by atoms with Crippen molar-refractivity contribution in [2.75, 3.05) is 24.8 Å². The van der Waals surface area contributed by atoms with Gasteiger partial charge >= 0.3 is 0 Å². The van der Waals surface area contributed by atoms with E-state index in [1.54, 1.807) is 25.2 Å². The molecule has 0 unspecified atom stereocenters. The standard InChI is InChI=1S/C14H12N6O/c1-17-13-12(21-2)14(19-8-18-13)20-11-4-3-9(6-15)10(5-11)7-16/h3-5,8H,1-2H3,(H2,17,18,19,20). The van der Waals surface area contributed by atoms with Crippen LogP contribution in [-0.2, 0) is 0 Å². The first-order valence-electron chi connectivity index (χ1n) is 6.01. The van der Waals surface area contributed by atoms with E-state index in [9.17, 15) is 0 Å². The lowest BCUT2D eigenvalue weighted by Crippen LogP contribution is -2.03. The fraction of sp³-hybridized carbons (Fsp3) is 0.143. The zero-order valence-electron chi connectivity index (χ0n) is 11.5. The Hall–Kier alpha value is -3.32. The van der Waals surface area contributed by atoms with Crippen molar-refractivity contribution in [2.24, 2.45) is 0 Å². The molecule has 104 valence electrons. The average Bonchev–Trinajstić information content (AvgIpc) is 2.54. The average molecular weight is 280 g/mol. The van der Waals surface area contributed by atoms with Crippen LogP contribution in [0.4, 0.5) is 17.3 Å². The Bertz CT molecular complexity index is 744. The van der Waals surface area contributed by atoms with Crippen LogP contribution >= 0.6 is 0 Å². The summed E-state index contributed by atoms with van der Waals surface area (Å²) in [4.78, 5) is 8.17. The summed E-state index contributed by atoms with van der Waals surface area (Å²) in [6.45, 7) is 0. The van der Waals surface area contributed by atoms with E-state index in [1.165, 1.54) is 13.4 Å². The van der Waals surface area contributed by atoms with Gasteiger partial charge < -0.3 is 15.4 Å². The monoisotopic (exact) mass is 280 g/mol. The maximum Gasteiger partial charge on any atom is 0.204 e. The highest BCUT2D eigenvalue weighted by molar-refractivity contribution is 5.70. The smallest absolute Gasteiger partial charge is 0.204 e. The Kier molecular flexibility index (Phi) is 4.17. The Morgan fingerprint density at radius 1 is 1.10 bits per heavy atom. The second kappa shape index (κ2) is 6.22. The number of aromatic nitrogens is 2. The lowest BCUT2D eigenvalue weighted by Gasteiger charge is -2.12. The number of nitrogens with zero attached hydrogens (tertiary/aromatic N) is 4. The third-order valence-electron chi connectivity index (χ3n) is 2.77. The number of hydrogen-bond donors (Lipinski definition) is 2. The minimum Gasteiger partial charge on any atom is -0.490 e. The van der Waals surface area contributed by atoms with Crippen molar-refractivity contribution in [2.45, 2.75) is 0 Å². The summed E-state index contributed by atoms with van der Waals surface area (Å²) in [6.07, 6.45) is 1.39. The summed E-state index contributed by atoms with van der Waals surface area (Å²) < 4.78 is 5.27. The SMILES string of the molecule is CNc1ncnc(Nc2ccc(C#N)c(C#N)c2)c1OC. The minimum atomic E-state index is 0.296. The first kappa shape index (κ1) is 14.1. The predicted octanol–water partition coefficient (Wildman–Crippen LogP) is 2.01. The second-order valence-corrected chi connectivity index (χ2v) is 3.96. The minimum absolute atomic E-state index is 0.296. The van der Waals surface area contributed by atoms with E-state index in [2.05, 4.69) is 20.6 Å². The van der Waals surface area contributed by atoms with Gasteiger partial charge in [-0.2, -0.15) is 10.5 Å². The van der Waals surface area contributed by atoms with Crippen molar-refractivity contribution in [3.63, 3.8) is 0 Å². The number of ether oxygens (including phenoxy) is 1. The number of hydrogen-bond acceptors (Lipinski definition) is 7. The van der Waals surface area contributed by atoms with Crippen LogP contribution in [0.25, 0.3) is 0 Å². The largest absolute Gasteiger partial charge is 0.490 e. The summed E-state index contributed by atoms with van der Waals surface area (Å²) in [5, 5.41) is 23.9. The van der Waals surface area contributed by atoms with Gasteiger partial charge in [-0.1, -0.05) is 0 Å². The van der Waals surface area contributed by atoms with E-state index in [1.807, 2.05) is 12.1 Å². The van der Waals surface area contributed by atoms with Gasteiger partial charge in [0.1, 0.15) is 18.5 Å². The van der Waals surface area contributed by atoms with Gasteiger partial charge in [0, 0.05) is 12.7 Å². The van der Waals surface area contributed by atoms with Gasteiger partial charge in [-0.3, -0.25) is 0 Å². The van der Waals surface area contributed by atoms with Crippen LogP contribution < -0.4 is 15.4 Å². The van der Waals surface area contributed by atoms with Crippen LogP contribution in [0, 0.1) is 22.7 Å². The maximum atomic E-state index is 9.03. The van der Waals surface area contributed by atoms with E-state index in [0.717, 1.165) is 0 Å². The first-order valence-corrected chi connectivity index (χ1v) is 6.01. The van der Waals surface area contributed by atoms with E-state index >= 15 is 0 Å². The van der Waals surface area contributed by atoms with E-state index in [4.69, 9.17) is 15.3 Å². The molecule has 1 heterocycles. The summed E-state index contributed by atoms with van der Waals surface area (Å²) in [5.74, 6) is 1.47. The quantitative estimate of drug-likeness (QED) is 0.882. The molecule has 2 N–H and O–H groups in total. The zero-order chi connectivity index (χ0) is 15.2. The van der Waals surface area contributed by atoms with Gasteiger partial charge in [-0.05, 0) is 18.2 Å². The molecule has 0 spiro atoms. The van der Waals surface area contributed by atoms with Crippen LogP contribution in [0.1, 0.15) is 11.1 Å². The molecular weight excluding hydrogens is 268 g/mol. The second-order valence-electron chi connectivity index (χ2n) is 3.96. The third kappa shape index (κ3) is 2.82. The summed E-state index contributed by atoms with van der Waals surface area (Å²) in [6, 6.07) is 8.81. The molecule has 0 atom stereocenters. The van der Waals surface area contributed by atoms with Crippen molar-refractivity contribution in [1.29, 1.82) is 10.5 Å². The zero-order valence-corrected chi connectivity index (χ0v) is 11.5. The van der Waals surface area contributed by atoms with E-state index in [-0.39, 0.29) is 0 Å². The van der Waals surface area contributed by atoms with Gasteiger partial charge in [0.2, 0.25) is 5.75 Å². The van der Waals surface area contributed by atoms with Crippen LogP contribution in [0.3, 0.4) is 0 Å². The van der Waals surface area contributed by atoms with Crippen LogP contribution in [0.15, 0.2) is 24.5 Å². The lowest BCUT2D eigenvalue weighted by molar-refractivity contribution is 0.415. The number of rotatable bonds is 4. The van der Waals surface area contributed by atoms with Gasteiger partial charge in [-0.15, -0.1) is 0 Å². The molecule has 1 aromatic carbocycles. The first-order chi connectivity index (χ1) is 10.2. The normalized spacial score (nSPS) is 9.33. The third-order valence-corrected chi connectivity index (χ3v) is 2.77. The number of anilines is 3. The molecule has 2 rings (SSSR count). The fourth-order valence-electron chi connectivity index (χ4n) is 1.78. The van der Waals surface area contributed by atoms with E-state index in [0.29, 0.717) is 34.2 Å². The molecule has 0 fully saturated rings. The number of nitriles is 2. The van der Waals surface area contributed by atoms with E-state index < -0.39 is 0 Å². The van der Waals surface area contributed by atoms with Crippen LogP contribution in [-0.4, -0.2) is 24.1 Å². The van der Waals surface area contributed by atoms with Crippen molar-refractivity contribution < 1.29 is 4.74 Å². The molecule has 0 bridgehead atoms. The van der Waals surface area contributed by atoms with Crippen LogP contribution in [0.5, 0.6) is 5.75 Å². The number of benzene rings is 1. The molecule has 2 aromatic rings. The Labute approximate surface area is 121 Å². The topological polar surface area (TPSA) is 107 Å². The van der Waals surface area contributed by atoms with Crippen molar-refractivity contribution in [3.05, 3.63) is 35.7 Å². The Morgan fingerprint density at radius 3 is 2.43 bits per heavy atom. The van der Waals surface area contributed by atoms with Crippen molar-refractivity contribution >= 4 is 17.3 Å². The molecule has 0 aliphatic rings. The summed E-state index contributed by atoms with van der Waals surface area (Å²) in [7, 11) is 3.24. The maximum absolute atomic E-state index is 9.03. The molecule has 7 heteroatoms. The van der Waals surface area contributed by atoms with Gasteiger partial charge in [0.05, 0.1) is 18.2 Å². The molecule has 7 nitrogen and oxygen atoms in total. The molecule has 0 saturated carbocycles. The Balaban J connectivity index is 2.40. The number of nitrogens with one attached hydrogen (secondary N) is 2. The highest BCUT2D eigenvalue weighted by atomic mass is 16.5. The Morgan fingerprint density at radius 2 is 1.81 bits per heavy atom. The summed E-state index contributed by atoms with van der Waals surface area (Å²) >= 11 is 0. The molecular formula is C14H12N6O. The van der Waals surface area contributed by atoms with Gasteiger partial charge in [0.25, 0.3) is 0 Å². The molecule has 1 aromatic heterocycles. The van der Waals surface area contributed by atoms with Crippen molar-refractivity contribution in [3.8, 4) is 17.9 Å². The molecule has 0 amide bonds. The summed E-state index contributed by atoms with van der Waals surface area (Å²) in [5.41, 5.74) is 1.25. The molecule has 0 radical (unpaired) electrons. The van der Waals surface area contributed by atoms with Gasteiger partial charge in [0.15, 0.2) is 11.6 Å². The lowest BCUT2D eigenvalue weighted by atomic mass is 10.1. The molecule has 0 saturated heterocycles. The van der Waals surface area contributed by atoms with Crippen LogP contribution in [0.2, 0.25) is 0 Å². The highest BCUT2D eigenvalue weighted by Crippen LogP contribution is 2.31. The highest BCUT2D eigenvalue weighted by Gasteiger charge is 2.12.